The fraction of sp³-hybridized carbons (Fsp3) is 0.350. The van der Waals surface area contributed by atoms with E-state index >= 15 is 0 Å². The van der Waals surface area contributed by atoms with Gasteiger partial charge in [0, 0.05) is 18.7 Å². The molecule has 5 rings (SSSR count). The van der Waals surface area contributed by atoms with E-state index in [2.05, 4.69) is 21.1 Å². The van der Waals surface area contributed by atoms with E-state index in [1.807, 2.05) is 6.92 Å². The van der Waals surface area contributed by atoms with Crippen LogP contribution in [-0.2, 0) is 4.79 Å². The van der Waals surface area contributed by atoms with Crippen LogP contribution in [0.3, 0.4) is 0 Å². The van der Waals surface area contributed by atoms with Crippen LogP contribution in [-0.4, -0.2) is 32.0 Å². The van der Waals surface area contributed by atoms with Crippen molar-refractivity contribution in [1.82, 2.24) is 19.6 Å². The fourth-order valence-electron chi connectivity index (χ4n) is 4.28. The molecule has 2 fully saturated rings. The molecule has 28 heavy (non-hydrogen) atoms. The molecule has 140 valence electrons. The van der Waals surface area contributed by atoms with Gasteiger partial charge in [0.2, 0.25) is 5.91 Å². The Bertz CT molecular complexity index is 1150. The van der Waals surface area contributed by atoms with Gasteiger partial charge in [-0.1, -0.05) is 6.92 Å². The van der Waals surface area contributed by atoms with Crippen molar-refractivity contribution in [3.8, 4) is 17.5 Å². The topological polar surface area (TPSA) is 87.2 Å². The highest BCUT2D eigenvalue weighted by Crippen LogP contribution is 2.54. The van der Waals surface area contributed by atoms with Crippen LogP contribution in [0.1, 0.15) is 19.8 Å². The smallest absolute Gasteiger partial charge is 0.249 e. The van der Waals surface area contributed by atoms with Gasteiger partial charge in [0.1, 0.15) is 22.3 Å². The van der Waals surface area contributed by atoms with Gasteiger partial charge >= 0.3 is 0 Å². The van der Waals surface area contributed by atoms with Gasteiger partial charge in [-0.2, -0.15) is 10.4 Å². The summed E-state index contributed by atoms with van der Waals surface area (Å²) in [5.41, 5.74) is -0.00399. The molecule has 0 spiro atoms. The molecule has 0 aromatic carbocycles. The van der Waals surface area contributed by atoms with Crippen LogP contribution in [0.2, 0.25) is 0 Å². The van der Waals surface area contributed by atoms with Crippen molar-refractivity contribution < 1.29 is 9.18 Å². The number of aromatic nitrogens is 4. The van der Waals surface area contributed by atoms with Gasteiger partial charge < -0.3 is 0 Å². The van der Waals surface area contributed by atoms with Crippen LogP contribution in [0.5, 0.6) is 0 Å². The summed E-state index contributed by atoms with van der Waals surface area (Å²) in [6, 6.07) is 6.90. The van der Waals surface area contributed by atoms with Gasteiger partial charge in [0.15, 0.2) is 11.6 Å². The number of carbonyl (C=O) groups excluding carboxylic acids is 1. The molecule has 7 nitrogen and oxygen atoms in total. The molecule has 0 unspecified atom stereocenters. The van der Waals surface area contributed by atoms with Crippen LogP contribution in [0.15, 0.2) is 36.8 Å². The maximum absolute atomic E-state index is 14.3. The minimum atomic E-state index is -1.01. The van der Waals surface area contributed by atoms with Crippen molar-refractivity contribution in [2.45, 2.75) is 19.8 Å². The molecule has 2 atom stereocenters. The number of nitrogens with zero attached hydrogens (tertiary/aromatic N) is 6. The molecule has 2 aliphatic rings. The van der Waals surface area contributed by atoms with E-state index in [1.54, 1.807) is 27.9 Å². The van der Waals surface area contributed by atoms with Crippen LogP contribution in [0.4, 0.5) is 10.2 Å². The van der Waals surface area contributed by atoms with Gasteiger partial charge in [0.05, 0.1) is 18.5 Å². The molecule has 3 aromatic heterocycles. The van der Waals surface area contributed by atoms with Crippen molar-refractivity contribution in [1.29, 1.82) is 5.26 Å². The van der Waals surface area contributed by atoms with Gasteiger partial charge in [0.25, 0.3) is 0 Å². The molecule has 4 heterocycles. The van der Waals surface area contributed by atoms with E-state index in [4.69, 9.17) is 0 Å². The largest absolute Gasteiger partial charge is 0.293 e. The molecule has 0 radical (unpaired) electrons. The van der Waals surface area contributed by atoms with Gasteiger partial charge in [-0.25, -0.2) is 13.9 Å². The fourth-order valence-corrected chi connectivity index (χ4v) is 4.28. The summed E-state index contributed by atoms with van der Waals surface area (Å²) in [6.45, 7) is 2.33. The first-order valence-electron chi connectivity index (χ1n) is 9.24. The Balaban J connectivity index is 1.68. The first-order chi connectivity index (χ1) is 13.6. The zero-order chi connectivity index (χ0) is 19.5. The molecule has 3 aromatic rings. The lowest BCUT2D eigenvalue weighted by Crippen LogP contribution is -2.37. The maximum atomic E-state index is 14.3. The number of carbonyl (C=O) groups is 1. The molecule has 1 saturated carbocycles. The lowest BCUT2D eigenvalue weighted by atomic mass is 9.75. The Labute approximate surface area is 160 Å². The summed E-state index contributed by atoms with van der Waals surface area (Å²) in [5.74, 6) is -0.355. The number of hydrogen-bond donors (Lipinski definition) is 0. The van der Waals surface area contributed by atoms with E-state index < -0.39 is 11.2 Å². The van der Waals surface area contributed by atoms with Crippen molar-refractivity contribution >= 4 is 17.2 Å². The molecule has 0 N–H and O–H groups in total. The van der Waals surface area contributed by atoms with Crippen molar-refractivity contribution in [3.05, 3.63) is 42.6 Å². The Morgan fingerprint density at radius 2 is 2.14 bits per heavy atom. The SMILES string of the molecule is C[C@@H]1CN(c2nc(-c3ncccc3F)cn3nccc23)C(=O)[C@]1(C#N)C1CC1. The predicted octanol–water partition coefficient (Wildman–Crippen LogP) is 2.83. The van der Waals surface area contributed by atoms with Crippen molar-refractivity contribution in [2.75, 3.05) is 11.4 Å². The number of rotatable bonds is 3. The number of nitriles is 1. The van der Waals surface area contributed by atoms with E-state index in [9.17, 15) is 14.4 Å². The third kappa shape index (κ3) is 2.19. The maximum Gasteiger partial charge on any atom is 0.249 e. The number of hydrogen-bond acceptors (Lipinski definition) is 5. The monoisotopic (exact) mass is 376 g/mol. The van der Waals surface area contributed by atoms with Crippen LogP contribution >= 0.6 is 0 Å². The highest BCUT2D eigenvalue weighted by Gasteiger charge is 2.61. The lowest BCUT2D eigenvalue weighted by Gasteiger charge is -2.23. The Morgan fingerprint density at radius 3 is 2.86 bits per heavy atom. The number of amides is 1. The third-order valence-corrected chi connectivity index (χ3v) is 5.87. The summed E-state index contributed by atoms with van der Waals surface area (Å²) in [5, 5.41) is 14.1. The highest BCUT2D eigenvalue weighted by atomic mass is 19.1. The molecular weight excluding hydrogens is 359 g/mol. The quantitative estimate of drug-likeness (QED) is 0.701. The second-order valence-electron chi connectivity index (χ2n) is 7.52. The highest BCUT2D eigenvalue weighted by molar-refractivity contribution is 6.04. The summed E-state index contributed by atoms with van der Waals surface area (Å²) >= 11 is 0. The van der Waals surface area contributed by atoms with Gasteiger partial charge in [-0.15, -0.1) is 0 Å². The normalized spacial score (nSPS) is 24.7. The molecule has 1 aliphatic carbocycles. The molecule has 0 bridgehead atoms. The second kappa shape index (κ2) is 5.83. The summed E-state index contributed by atoms with van der Waals surface area (Å²) in [7, 11) is 0. The first-order valence-corrected chi connectivity index (χ1v) is 9.24. The number of pyridine rings is 1. The van der Waals surface area contributed by atoms with Gasteiger partial charge in [-0.3, -0.25) is 14.7 Å². The third-order valence-electron chi connectivity index (χ3n) is 5.87. The molecule has 1 saturated heterocycles. The van der Waals surface area contributed by atoms with E-state index in [0.717, 1.165) is 12.8 Å². The average molecular weight is 376 g/mol. The lowest BCUT2D eigenvalue weighted by molar-refractivity contribution is -0.124. The standard InChI is InChI=1S/C20H17FN6O/c1-12-9-26(19(28)20(12,11-22)13-4-5-13)18-16-6-8-24-27(16)10-15(25-18)17-14(21)3-2-7-23-17/h2-3,6-8,10,12-13H,4-5,9H2,1H3/t12-,20+/m1/s1. The Morgan fingerprint density at radius 1 is 1.32 bits per heavy atom. The average Bonchev–Trinajstić information content (AvgIpc) is 3.37. The van der Waals surface area contributed by atoms with Crippen LogP contribution in [0, 0.1) is 34.4 Å². The molecule has 8 heteroatoms. The molecular formula is C20H17FN6O. The summed E-state index contributed by atoms with van der Waals surface area (Å²) in [4.78, 5) is 23.6. The zero-order valence-electron chi connectivity index (χ0n) is 15.2. The minimum absolute atomic E-state index is 0.0922. The number of fused-ring (bicyclic) bond motifs is 1. The number of halogens is 1. The molecule has 1 aliphatic heterocycles. The predicted molar refractivity (Wildman–Crippen MR) is 98.5 cm³/mol. The zero-order valence-corrected chi connectivity index (χ0v) is 15.2. The molecule has 1 amide bonds. The van der Waals surface area contributed by atoms with Crippen LogP contribution in [0.25, 0.3) is 16.9 Å². The summed E-state index contributed by atoms with van der Waals surface area (Å²) in [6.07, 6.45) is 6.47. The van der Waals surface area contributed by atoms with Crippen molar-refractivity contribution in [3.63, 3.8) is 0 Å². The minimum Gasteiger partial charge on any atom is -0.293 e. The van der Waals surface area contributed by atoms with Crippen LogP contribution < -0.4 is 4.90 Å². The van der Waals surface area contributed by atoms with E-state index in [0.29, 0.717) is 17.9 Å². The second-order valence-corrected chi connectivity index (χ2v) is 7.52. The Kier molecular flexibility index (Phi) is 3.50. The number of anilines is 1. The first kappa shape index (κ1) is 16.8. The van der Waals surface area contributed by atoms with E-state index in [-0.39, 0.29) is 29.1 Å². The Hall–Kier alpha value is -3.34. The van der Waals surface area contributed by atoms with E-state index in [1.165, 1.54) is 18.3 Å². The van der Waals surface area contributed by atoms with Crippen molar-refractivity contribution in [2.24, 2.45) is 17.3 Å². The summed E-state index contributed by atoms with van der Waals surface area (Å²) < 4.78 is 15.8. The van der Waals surface area contributed by atoms with Gasteiger partial charge in [-0.05, 0) is 37.0 Å².